The van der Waals surface area contributed by atoms with E-state index in [0.717, 1.165) is 57.2 Å². The Morgan fingerprint density at radius 1 is 1.17 bits per heavy atom. The van der Waals surface area contributed by atoms with Crippen molar-refractivity contribution in [1.82, 2.24) is 15.3 Å². The third kappa shape index (κ3) is 4.83. The van der Waals surface area contributed by atoms with Gasteiger partial charge in [-0.3, -0.25) is 14.6 Å². The van der Waals surface area contributed by atoms with Gasteiger partial charge in [-0.15, -0.1) is 0 Å². The zero-order valence-electron chi connectivity index (χ0n) is 16.5. The Morgan fingerprint density at radius 2 is 1.86 bits per heavy atom. The number of amides is 1. The van der Waals surface area contributed by atoms with E-state index < -0.39 is 0 Å². The monoisotopic (exact) mass is 398 g/mol. The number of halogens is 1. The maximum atomic E-state index is 13.4. The fourth-order valence-corrected chi connectivity index (χ4v) is 4.31. The maximum absolute atomic E-state index is 13.4. The molecule has 154 valence electrons. The van der Waals surface area contributed by atoms with Gasteiger partial charge in [0.25, 0.3) is 5.56 Å². The SMILES string of the molecule is O=C(N[C@@H](Cc1cc(=O)[nH]c(N2CCCC2)n1)c1ccc(F)cc1)C1CCCC1. The Bertz CT molecular complexity index is 900. The molecule has 2 aromatic rings. The largest absolute Gasteiger partial charge is 0.349 e. The van der Waals surface area contributed by atoms with Crippen molar-refractivity contribution in [3.8, 4) is 0 Å². The number of carbonyl (C=O) groups is 1. The van der Waals surface area contributed by atoms with Gasteiger partial charge in [-0.2, -0.15) is 0 Å². The maximum Gasteiger partial charge on any atom is 0.252 e. The third-order valence-electron chi connectivity index (χ3n) is 5.92. The molecular formula is C22H27FN4O2. The van der Waals surface area contributed by atoms with Crippen molar-refractivity contribution in [2.24, 2.45) is 5.92 Å². The van der Waals surface area contributed by atoms with Crippen molar-refractivity contribution in [1.29, 1.82) is 0 Å². The molecule has 2 heterocycles. The predicted molar refractivity (Wildman–Crippen MR) is 109 cm³/mol. The quantitative estimate of drug-likeness (QED) is 0.784. The number of carbonyl (C=O) groups excluding carboxylic acids is 1. The molecule has 1 aromatic heterocycles. The fourth-order valence-electron chi connectivity index (χ4n) is 4.31. The minimum absolute atomic E-state index is 0.0291. The first kappa shape index (κ1) is 19.6. The van der Waals surface area contributed by atoms with Crippen LogP contribution in [0.4, 0.5) is 10.3 Å². The summed E-state index contributed by atoms with van der Waals surface area (Å²) < 4.78 is 13.4. The Morgan fingerprint density at radius 3 is 2.55 bits per heavy atom. The zero-order valence-corrected chi connectivity index (χ0v) is 16.5. The van der Waals surface area contributed by atoms with Gasteiger partial charge in [0, 0.05) is 31.5 Å². The van der Waals surface area contributed by atoms with Crippen LogP contribution in [0.15, 0.2) is 35.1 Å². The lowest BCUT2D eigenvalue weighted by Gasteiger charge is -2.22. The van der Waals surface area contributed by atoms with Crippen LogP contribution in [-0.2, 0) is 11.2 Å². The summed E-state index contributed by atoms with van der Waals surface area (Å²) in [6, 6.07) is 7.28. The van der Waals surface area contributed by atoms with Crippen LogP contribution in [0.3, 0.4) is 0 Å². The highest BCUT2D eigenvalue weighted by atomic mass is 19.1. The molecule has 2 aliphatic rings. The average molecular weight is 398 g/mol. The first-order chi connectivity index (χ1) is 14.1. The summed E-state index contributed by atoms with van der Waals surface area (Å²) in [5.41, 5.74) is 1.23. The highest BCUT2D eigenvalue weighted by Crippen LogP contribution is 2.27. The van der Waals surface area contributed by atoms with Crippen LogP contribution in [0.2, 0.25) is 0 Å². The van der Waals surface area contributed by atoms with E-state index in [1.165, 1.54) is 18.2 Å². The van der Waals surface area contributed by atoms with Crippen molar-refractivity contribution >= 4 is 11.9 Å². The van der Waals surface area contributed by atoms with Crippen molar-refractivity contribution in [2.45, 2.75) is 51.0 Å². The second-order valence-electron chi connectivity index (χ2n) is 8.05. The van der Waals surface area contributed by atoms with E-state index in [9.17, 15) is 14.0 Å². The highest BCUT2D eigenvalue weighted by molar-refractivity contribution is 5.79. The Hall–Kier alpha value is -2.70. The van der Waals surface area contributed by atoms with Crippen LogP contribution in [-0.4, -0.2) is 29.0 Å². The number of hydrogen-bond donors (Lipinski definition) is 2. The normalized spacial score (nSPS) is 18.2. The average Bonchev–Trinajstić information content (AvgIpc) is 3.42. The summed E-state index contributed by atoms with van der Waals surface area (Å²) in [4.78, 5) is 34.5. The summed E-state index contributed by atoms with van der Waals surface area (Å²) >= 11 is 0. The van der Waals surface area contributed by atoms with Gasteiger partial charge in [-0.25, -0.2) is 9.37 Å². The molecule has 1 amide bonds. The summed E-state index contributed by atoms with van der Waals surface area (Å²) in [5, 5.41) is 3.12. The van der Waals surface area contributed by atoms with Crippen LogP contribution < -0.4 is 15.8 Å². The molecule has 1 aliphatic heterocycles. The summed E-state index contributed by atoms with van der Waals surface area (Å²) in [6.45, 7) is 1.76. The second kappa shape index (κ2) is 8.76. The second-order valence-corrected chi connectivity index (χ2v) is 8.05. The van der Waals surface area contributed by atoms with Crippen molar-refractivity contribution in [3.63, 3.8) is 0 Å². The van der Waals surface area contributed by atoms with Crippen molar-refractivity contribution in [3.05, 3.63) is 57.8 Å². The summed E-state index contributed by atoms with van der Waals surface area (Å²) in [6.07, 6.45) is 6.53. The minimum atomic E-state index is -0.357. The number of nitrogens with zero attached hydrogens (tertiary/aromatic N) is 2. The molecule has 0 radical (unpaired) electrons. The Labute approximate surface area is 169 Å². The predicted octanol–water partition coefficient (Wildman–Crippen LogP) is 3.10. The van der Waals surface area contributed by atoms with E-state index in [-0.39, 0.29) is 29.2 Å². The molecule has 1 saturated carbocycles. The number of aromatic nitrogens is 2. The van der Waals surface area contributed by atoms with Gasteiger partial charge < -0.3 is 10.2 Å². The fraction of sp³-hybridized carbons (Fsp3) is 0.500. The molecule has 0 spiro atoms. The van der Waals surface area contributed by atoms with Gasteiger partial charge in [-0.1, -0.05) is 25.0 Å². The van der Waals surface area contributed by atoms with Crippen molar-refractivity contribution in [2.75, 3.05) is 18.0 Å². The van der Waals surface area contributed by atoms with Gasteiger partial charge in [0.2, 0.25) is 11.9 Å². The lowest BCUT2D eigenvalue weighted by molar-refractivity contribution is -0.125. The lowest BCUT2D eigenvalue weighted by atomic mass is 9.99. The van der Waals surface area contributed by atoms with E-state index in [4.69, 9.17) is 0 Å². The Balaban J connectivity index is 1.58. The molecule has 0 bridgehead atoms. The molecule has 2 fully saturated rings. The molecule has 1 atom stereocenters. The molecule has 1 aromatic carbocycles. The molecule has 6 nitrogen and oxygen atoms in total. The van der Waals surface area contributed by atoms with Crippen LogP contribution in [0.25, 0.3) is 0 Å². The van der Waals surface area contributed by atoms with Crippen LogP contribution in [0.1, 0.15) is 55.8 Å². The minimum Gasteiger partial charge on any atom is -0.349 e. The van der Waals surface area contributed by atoms with Gasteiger partial charge in [0.15, 0.2) is 0 Å². The molecule has 29 heavy (non-hydrogen) atoms. The molecule has 7 heteroatoms. The zero-order chi connectivity index (χ0) is 20.2. The van der Waals surface area contributed by atoms with E-state index in [1.807, 2.05) is 0 Å². The Kier molecular flexibility index (Phi) is 5.92. The van der Waals surface area contributed by atoms with E-state index >= 15 is 0 Å². The number of aromatic amines is 1. The first-order valence-electron chi connectivity index (χ1n) is 10.5. The molecule has 0 unspecified atom stereocenters. The van der Waals surface area contributed by atoms with E-state index in [1.54, 1.807) is 12.1 Å². The van der Waals surface area contributed by atoms with Crippen LogP contribution in [0, 0.1) is 11.7 Å². The van der Waals surface area contributed by atoms with Gasteiger partial charge in [0.1, 0.15) is 5.82 Å². The van der Waals surface area contributed by atoms with Crippen molar-refractivity contribution < 1.29 is 9.18 Å². The number of nitrogens with one attached hydrogen (secondary N) is 2. The molecular weight excluding hydrogens is 371 g/mol. The molecule has 1 aliphatic carbocycles. The number of hydrogen-bond acceptors (Lipinski definition) is 4. The highest BCUT2D eigenvalue weighted by Gasteiger charge is 2.26. The van der Waals surface area contributed by atoms with Gasteiger partial charge >= 0.3 is 0 Å². The van der Waals surface area contributed by atoms with E-state index in [2.05, 4.69) is 20.2 Å². The topological polar surface area (TPSA) is 78.1 Å². The number of anilines is 1. The molecule has 1 saturated heterocycles. The third-order valence-corrected chi connectivity index (χ3v) is 5.92. The smallest absolute Gasteiger partial charge is 0.252 e. The van der Waals surface area contributed by atoms with Gasteiger partial charge in [-0.05, 0) is 43.4 Å². The molecule has 2 N–H and O–H groups in total. The van der Waals surface area contributed by atoms with Crippen LogP contribution >= 0.6 is 0 Å². The summed E-state index contributed by atoms with van der Waals surface area (Å²) in [5.74, 6) is 0.330. The number of rotatable bonds is 6. The first-order valence-corrected chi connectivity index (χ1v) is 10.5. The number of benzene rings is 1. The van der Waals surface area contributed by atoms with Gasteiger partial charge in [0.05, 0.1) is 11.7 Å². The standard InChI is InChI=1S/C22H27FN4O2/c23-17-9-7-15(8-10-17)19(25-21(29)16-5-1-2-6-16)13-18-14-20(28)26-22(24-18)27-11-3-4-12-27/h7-10,14,16,19H,1-6,11-13H2,(H,25,29)(H,24,26,28)/t19-/m0/s1. The van der Waals surface area contributed by atoms with Crippen LogP contribution in [0.5, 0.6) is 0 Å². The summed E-state index contributed by atoms with van der Waals surface area (Å²) in [7, 11) is 0. The van der Waals surface area contributed by atoms with E-state index in [0.29, 0.717) is 18.1 Å². The molecule has 4 rings (SSSR count). The lowest BCUT2D eigenvalue weighted by Crippen LogP contribution is -2.34. The number of H-pyrrole nitrogens is 1.